The maximum Gasteiger partial charge on any atom is 0.310 e. The van der Waals surface area contributed by atoms with Gasteiger partial charge in [0.25, 0.3) is 5.91 Å². The first-order valence-electron chi connectivity index (χ1n) is 5.31. The van der Waals surface area contributed by atoms with Crippen LogP contribution in [0.15, 0.2) is 12.1 Å². The Morgan fingerprint density at radius 2 is 1.89 bits per heavy atom. The molecular weight excluding hydrogens is 296 g/mol. The monoisotopic (exact) mass is 307 g/mol. The lowest BCUT2D eigenvalue weighted by Gasteiger charge is -2.19. The number of amides is 1. The van der Waals surface area contributed by atoms with Gasteiger partial charge in [-0.05, 0) is 26.0 Å². The number of rotatable bonds is 4. The minimum absolute atomic E-state index is 0.00275. The van der Waals surface area contributed by atoms with Crippen LogP contribution in [0.3, 0.4) is 0 Å². The molecule has 0 spiro atoms. The van der Waals surface area contributed by atoms with Crippen molar-refractivity contribution in [2.75, 3.05) is 6.54 Å². The number of carbonyl (C=O) groups is 2. The minimum atomic E-state index is -1.13. The number of carbonyl (C=O) groups excluding carboxylic acids is 1. The molecule has 4 nitrogen and oxygen atoms in total. The Balaban J connectivity index is 2.86. The molecule has 0 saturated carbocycles. The van der Waals surface area contributed by atoms with E-state index in [0.29, 0.717) is 0 Å². The van der Waals surface area contributed by atoms with Gasteiger partial charge in [-0.3, -0.25) is 9.59 Å². The molecule has 1 amide bonds. The molecule has 0 atom stereocenters. The van der Waals surface area contributed by atoms with Crippen LogP contribution in [0.4, 0.5) is 4.39 Å². The molecule has 0 aliphatic rings. The first-order valence-corrected chi connectivity index (χ1v) is 6.07. The summed E-state index contributed by atoms with van der Waals surface area (Å²) in [6, 6.07) is 2.03. The fraction of sp³-hybridized carbons (Fsp3) is 0.333. The highest BCUT2D eigenvalue weighted by Gasteiger charge is 2.28. The third-order valence-electron chi connectivity index (χ3n) is 2.52. The lowest BCUT2D eigenvalue weighted by Crippen LogP contribution is -2.39. The van der Waals surface area contributed by atoms with Gasteiger partial charge in [0.15, 0.2) is 0 Å². The normalized spacial score (nSPS) is 11.2. The van der Waals surface area contributed by atoms with E-state index in [9.17, 15) is 14.0 Å². The topological polar surface area (TPSA) is 66.4 Å². The minimum Gasteiger partial charge on any atom is -0.481 e. The molecule has 0 aliphatic carbocycles. The van der Waals surface area contributed by atoms with E-state index in [1.807, 2.05) is 0 Å². The second-order valence-corrected chi connectivity index (χ2v) is 5.43. The Labute approximate surface area is 119 Å². The van der Waals surface area contributed by atoms with Crippen molar-refractivity contribution >= 4 is 35.1 Å². The van der Waals surface area contributed by atoms with Gasteiger partial charge in [0, 0.05) is 6.54 Å². The molecule has 1 rings (SSSR count). The number of nitrogens with one attached hydrogen (secondary N) is 1. The molecule has 19 heavy (non-hydrogen) atoms. The second kappa shape index (κ2) is 5.75. The van der Waals surface area contributed by atoms with Gasteiger partial charge in [-0.1, -0.05) is 23.2 Å². The standard InChI is InChI=1S/C12H12Cl2FNO3/c1-12(2,11(18)19)5-16-10(17)6-3-9(15)8(14)4-7(6)13/h3-4H,5H2,1-2H3,(H,16,17)(H,18,19). The van der Waals surface area contributed by atoms with Crippen LogP contribution >= 0.6 is 23.2 Å². The van der Waals surface area contributed by atoms with E-state index in [1.165, 1.54) is 13.8 Å². The van der Waals surface area contributed by atoms with Crippen molar-refractivity contribution < 1.29 is 19.1 Å². The van der Waals surface area contributed by atoms with E-state index in [4.69, 9.17) is 28.3 Å². The van der Waals surface area contributed by atoms with Crippen LogP contribution in [0, 0.1) is 11.2 Å². The number of hydrogen-bond acceptors (Lipinski definition) is 2. The molecule has 0 heterocycles. The zero-order valence-corrected chi connectivity index (χ0v) is 11.8. The summed E-state index contributed by atoms with van der Waals surface area (Å²) in [7, 11) is 0. The van der Waals surface area contributed by atoms with Crippen LogP contribution in [-0.4, -0.2) is 23.5 Å². The smallest absolute Gasteiger partial charge is 0.310 e. The summed E-state index contributed by atoms with van der Waals surface area (Å²) in [5, 5.41) is 11.1. The van der Waals surface area contributed by atoms with Crippen molar-refractivity contribution in [3.8, 4) is 0 Å². The van der Waals surface area contributed by atoms with Gasteiger partial charge in [0.05, 0.1) is 21.0 Å². The summed E-state index contributed by atoms with van der Waals surface area (Å²) in [5.41, 5.74) is -1.22. The molecule has 1 aromatic carbocycles. The number of carboxylic acid groups (broad SMARTS) is 1. The number of benzene rings is 1. The highest BCUT2D eigenvalue weighted by atomic mass is 35.5. The molecule has 0 aliphatic heterocycles. The number of hydrogen-bond donors (Lipinski definition) is 2. The van der Waals surface area contributed by atoms with Gasteiger partial charge in [0.1, 0.15) is 5.82 Å². The van der Waals surface area contributed by atoms with Gasteiger partial charge in [-0.25, -0.2) is 4.39 Å². The highest BCUT2D eigenvalue weighted by molar-refractivity contribution is 6.36. The Bertz CT molecular complexity index is 532. The third-order valence-corrected chi connectivity index (χ3v) is 3.13. The summed E-state index contributed by atoms with van der Waals surface area (Å²) >= 11 is 11.3. The van der Waals surface area contributed by atoms with Gasteiger partial charge in [0.2, 0.25) is 0 Å². The number of carboxylic acids is 1. The predicted molar refractivity (Wildman–Crippen MR) is 70.2 cm³/mol. The maximum absolute atomic E-state index is 13.3. The van der Waals surface area contributed by atoms with E-state index >= 15 is 0 Å². The van der Waals surface area contributed by atoms with Crippen molar-refractivity contribution in [2.45, 2.75) is 13.8 Å². The highest BCUT2D eigenvalue weighted by Crippen LogP contribution is 2.24. The van der Waals surface area contributed by atoms with Crippen LogP contribution in [-0.2, 0) is 4.79 Å². The Morgan fingerprint density at radius 1 is 1.32 bits per heavy atom. The molecule has 0 unspecified atom stereocenters. The summed E-state index contributed by atoms with van der Waals surface area (Å²) < 4.78 is 13.3. The third kappa shape index (κ3) is 3.81. The summed E-state index contributed by atoms with van der Waals surface area (Å²) in [4.78, 5) is 22.7. The molecule has 0 saturated heterocycles. The van der Waals surface area contributed by atoms with E-state index < -0.39 is 23.1 Å². The first kappa shape index (κ1) is 15.7. The Morgan fingerprint density at radius 3 is 2.42 bits per heavy atom. The molecule has 2 N–H and O–H groups in total. The fourth-order valence-electron chi connectivity index (χ4n) is 1.17. The van der Waals surface area contributed by atoms with Gasteiger partial charge in [-0.15, -0.1) is 0 Å². The largest absolute Gasteiger partial charge is 0.481 e. The Hall–Kier alpha value is -1.33. The zero-order valence-electron chi connectivity index (χ0n) is 10.3. The van der Waals surface area contributed by atoms with Crippen molar-refractivity contribution in [3.63, 3.8) is 0 Å². The molecule has 0 radical (unpaired) electrons. The summed E-state index contributed by atoms with van der Waals surface area (Å²) in [6.45, 7) is 2.81. The first-order chi connectivity index (χ1) is 8.65. The second-order valence-electron chi connectivity index (χ2n) is 4.62. The van der Waals surface area contributed by atoms with Gasteiger partial charge >= 0.3 is 5.97 Å². The molecular formula is C12H12Cl2FNO3. The Kier molecular flexibility index (Phi) is 4.76. The van der Waals surface area contributed by atoms with Crippen molar-refractivity contribution in [1.82, 2.24) is 5.32 Å². The molecule has 0 bridgehead atoms. The lowest BCUT2D eigenvalue weighted by atomic mass is 9.94. The SMILES string of the molecule is CC(C)(CNC(=O)c1cc(F)c(Cl)cc1Cl)C(=O)O. The summed E-state index contributed by atoms with van der Waals surface area (Å²) in [6.07, 6.45) is 0. The average molecular weight is 308 g/mol. The summed E-state index contributed by atoms with van der Waals surface area (Å²) in [5.74, 6) is -2.48. The van der Waals surface area contributed by atoms with E-state index in [0.717, 1.165) is 12.1 Å². The number of halogens is 3. The maximum atomic E-state index is 13.3. The van der Waals surface area contributed by atoms with Gasteiger partial charge < -0.3 is 10.4 Å². The van der Waals surface area contributed by atoms with Crippen LogP contribution in [0.1, 0.15) is 24.2 Å². The molecule has 104 valence electrons. The van der Waals surface area contributed by atoms with Crippen LogP contribution in [0.25, 0.3) is 0 Å². The molecule has 0 aromatic heterocycles. The molecule has 1 aromatic rings. The van der Waals surface area contributed by atoms with Crippen molar-refractivity contribution in [3.05, 3.63) is 33.6 Å². The number of aliphatic carboxylic acids is 1. The fourth-order valence-corrected chi connectivity index (χ4v) is 1.64. The lowest BCUT2D eigenvalue weighted by molar-refractivity contribution is -0.146. The van der Waals surface area contributed by atoms with Crippen LogP contribution < -0.4 is 5.32 Å². The van der Waals surface area contributed by atoms with Crippen molar-refractivity contribution in [2.24, 2.45) is 5.41 Å². The quantitative estimate of drug-likeness (QED) is 0.840. The average Bonchev–Trinajstić information content (AvgIpc) is 2.30. The van der Waals surface area contributed by atoms with Gasteiger partial charge in [-0.2, -0.15) is 0 Å². The van der Waals surface area contributed by atoms with Crippen LogP contribution in [0.2, 0.25) is 10.0 Å². The molecule has 0 fully saturated rings. The molecule has 7 heteroatoms. The van der Waals surface area contributed by atoms with E-state index in [2.05, 4.69) is 5.32 Å². The van der Waals surface area contributed by atoms with E-state index in [-0.39, 0.29) is 22.2 Å². The van der Waals surface area contributed by atoms with E-state index in [1.54, 1.807) is 0 Å². The van der Waals surface area contributed by atoms with Crippen molar-refractivity contribution in [1.29, 1.82) is 0 Å². The predicted octanol–water partition coefficient (Wildman–Crippen LogP) is 2.97. The zero-order chi connectivity index (χ0) is 14.8. The van der Waals surface area contributed by atoms with Crippen LogP contribution in [0.5, 0.6) is 0 Å².